The van der Waals surface area contributed by atoms with E-state index in [2.05, 4.69) is 11.9 Å². The van der Waals surface area contributed by atoms with Gasteiger partial charge in [0.05, 0.1) is 0 Å². The molecule has 0 aliphatic carbocycles. The first kappa shape index (κ1) is 5.76. The molecule has 1 saturated heterocycles. The summed E-state index contributed by atoms with van der Waals surface area (Å²) in [5.74, 6) is 0. The molecule has 1 aliphatic heterocycles. The number of piperidine rings is 1. The van der Waals surface area contributed by atoms with Crippen molar-refractivity contribution in [2.75, 3.05) is 6.54 Å². The molecule has 1 unspecified atom stereocenters. The number of halogens is 1. The first-order valence-corrected chi connectivity index (χ1v) is 2.86. The van der Waals surface area contributed by atoms with Crippen molar-refractivity contribution in [1.82, 2.24) is 5.32 Å². The lowest BCUT2D eigenvalue weighted by Crippen LogP contribution is -2.31. The van der Waals surface area contributed by atoms with Crippen molar-refractivity contribution >= 4 is 0 Å². The Labute approximate surface area is 48.6 Å². The summed E-state index contributed by atoms with van der Waals surface area (Å²) in [4.78, 5) is 0. The molecule has 0 amide bonds. The minimum absolute atomic E-state index is 0.691. The smallest absolute Gasteiger partial charge is 0.172 e. The minimum Gasteiger partial charge on any atom is -0.284 e. The molecule has 0 aromatic carbocycles. The van der Waals surface area contributed by atoms with E-state index < -0.39 is 6.30 Å². The molecule has 1 fully saturated rings. The molecule has 1 atom stereocenters. The van der Waals surface area contributed by atoms with Crippen molar-refractivity contribution < 1.29 is 4.39 Å². The highest BCUT2D eigenvalue weighted by Crippen LogP contribution is 2.12. The number of alkyl halides is 1. The van der Waals surface area contributed by atoms with E-state index in [0.717, 1.165) is 19.4 Å². The van der Waals surface area contributed by atoms with Crippen LogP contribution in [-0.4, -0.2) is 12.8 Å². The topological polar surface area (TPSA) is 12.0 Å². The van der Waals surface area contributed by atoms with Crippen molar-refractivity contribution in [1.29, 1.82) is 0 Å². The number of nitrogens with one attached hydrogen (secondary N) is 1. The van der Waals surface area contributed by atoms with Gasteiger partial charge < -0.3 is 0 Å². The van der Waals surface area contributed by atoms with Gasteiger partial charge in [-0.1, -0.05) is 6.58 Å². The molecule has 0 bridgehead atoms. The lowest BCUT2D eigenvalue weighted by atomic mass is 10.1. The third kappa shape index (κ3) is 1.07. The first-order chi connectivity index (χ1) is 3.80. The Kier molecular flexibility index (Phi) is 1.63. The maximum Gasteiger partial charge on any atom is 0.172 e. The molecule has 0 aromatic rings. The molecule has 2 heteroatoms. The molecule has 8 heavy (non-hydrogen) atoms. The van der Waals surface area contributed by atoms with Crippen LogP contribution < -0.4 is 5.32 Å². The van der Waals surface area contributed by atoms with Gasteiger partial charge in [0.25, 0.3) is 0 Å². The van der Waals surface area contributed by atoms with Gasteiger partial charge in [-0.25, -0.2) is 4.39 Å². The Bertz CT molecular complexity index is 101. The van der Waals surface area contributed by atoms with Crippen molar-refractivity contribution in [3.05, 3.63) is 12.2 Å². The average molecular weight is 115 g/mol. The molecule has 46 valence electrons. The van der Waals surface area contributed by atoms with Gasteiger partial charge in [-0.3, -0.25) is 5.32 Å². The van der Waals surface area contributed by atoms with Gasteiger partial charge in [0, 0.05) is 0 Å². The third-order valence-electron chi connectivity index (χ3n) is 1.36. The Morgan fingerprint density at radius 3 is 2.88 bits per heavy atom. The van der Waals surface area contributed by atoms with Crippen molar-refractivity contribution in [3.63, 3.8) is 0 Å². The lowest BCUT2D eigenvalue weighted by Gasteiger charge is -2.18. The van der Waals surface area contributed by atoms with Crippen LogP contribution in [0.4, 0.5) is 4.39 Å². The predicted molar refractivity (Wildman–Crippen MR) is 31.3 cm³/mol. The summed E-state index contributed by atoms with van der Waals surface area (Å²) in [5, 5.41) is 2.67. The average Bonchev–Trinajstić information content (AvgIpc) is 1.77. The number of hydrogen-bond acceptors (Lipinski definition) is 1. The van der Waals surface area contributed by atoms with Gasteiger partial charge in [-0.2, -0.15) is 0 Å². The van der Waals surface area contributed by atoms with E-state index in [4.69, 9.17) is 0 Å². The highest BCUT2D eigenvalue weighted by Gasteiger charge is 2.13. The van der Waals surface area contributed by atoms with Gasteiger partial charge in [0.2, 0.25) is 0 Å². The van der Waals surface area contributed by atoms with Crippen molar-refractivity contribution in [3.8, 4) is 0 Å². The van der Waals surface area contributed by atoms with Crippen LogP contribution in [0.25, 0.3) is 0 Å². The lowest BCUT2D eigenvalue weighted by molar-refractivity contribution is 0.288. The fourth-order valence-corrected chi connectivity index (χ4v) is 0.815. The van der Waals surface area contributed by atoms with E-state index in [1.165, 1.54) is 0 Å². The monoisotopic (exact) mass is 115 g/mol. The van der Waals surface area contributed by atoms with Gasteiger partial charge in [0.1, 0.15) is 0 Å². The molecular formula is C6H10FN. The van der Waals surface area contributed by atoms with Crippen molar-refractivity contribution in [2.45, 2.75) is 19.1 Å². The van der Waals surface area contributed by atoms with Gasteiger partial charge >= 0.3 is 0 Å². The summed E-state index contributed by atoms with van der Waals surface area (Å²) in [7, 11) is 0. The standard InChI is InChI=1S/C6H10FN/c1-5-3-2-4-8-6(5)7/h6,8H,1-4H2. The number of rotatable bonds is 0. The van der Waals surface area contributed by atoms with Crippen LogP contribution in [0, 0.1) is 0 Å². The third-order valence-corrected chi connectivity index (χ3v) is 1.36. The van der Waals surface area contributed by atoms with Crippen LogP contribution in [0.3, 0.4) is 0 Å². The Morgan fingerprint density at radius 1 is 1.75 bits per heavy atom. The maximum absolute atomic E-state index is 12.4. The zero-order valence-electron chi connectivity index (χ0n) is 4.78. The maximum atomic E-state index is 12.4. The quantitative estimate of drug-likeness (QED) is 0.370. The molecule has 1 nitrogen and oxygen atoms in total. The highest BCUT2D eigenvalue weighted by atomic mass is 19.1. The minimum atomic E-state index is -0.941. The molecule has 0 radical (unpaired) electrons. The second kappa shape index (κ2) is 2.27. The molecule has 1 N–H and O–H groups in total. The molecule has 0 spiro atoms. The van der Waals surface area contributed by atoms with E-state index in [-0.39, 0.29) is 0 Å². The van der Waals surface area contributed by atoms with Crippen LogP contribution >= 0.6 is 0 Å². The molecule has 0 aromatic heterocycles. The van der Waals surface area contributed by atoms with Crippen LogP contribution in [0.1, 0.15) is 12.8 Å². The van der Waals surface area contributed by atoms with Gasteiger partial charge in [-0.15, -0.1) is 0 Å². The van der Waals surface area contributed by atoms with Crippen LogP contribution in [0.5, 0.6) is 0 Å². The summed E-state index contributed by atoms with van der Waals surface area (Å²) in [6, 6.07) is 0. The fourth-order valence-electron chi connectivity index (χ4n) is 0.815. The zero-order valence-corrected chi connectivity index (χ0v) is 4.78. The fraction of sp³-hybridized carbons (Fsp3) is 0.667. The predicted octanol–water partition coefficient (Wildman–Crippen LogP) is 1.22. The number of hydrogen-bond donors (Lipinski definition) is 1. The molecule has 1 aliphatic rings. The Morgan fingerprint density at radius 2 is 2.50 bits per heavy atom. The zero-order chi connectivity index (χ0) is 5.98. The second-order valence-corrected chi connectivity index (χ2v) is 2.08. The van der Waals surface area contributed by atoms with Crippen molar-refractivity contribution in [2.24, 2.45) is 0 Å². The summed E-state index contributed by atoms with van der Waals surface area (Å²) >= 11 is 0. The first-order valence-electron chi connectivity index (χ1n) is 2.86. The summed E-state index contributed by atoms with van der Waals surface area (Å²) in [5.41, 5.74) is 0.691. The largest absolute Gasteiger partial charge is 0.284 e. The molecule has 0 saturated carbocycles. The van der Waals surface area contributed by atoms with E-state index in [0.29, 0.717) is 5.57 Å². The Hall–Kier alpha value is -0.370. The van der Waals surface area contributed by atoms with E-state index in [1.807, 2.05) is 0 Å². The molecule has 1 heterocycles. The summed E-state index contributed by atoms with van der Waals surface area (Å²) < 4.78 is 12.4. The summed E-state index contributed by atoms with van der Waals surface area (Å²) in [6.07, 6.45) is 0.927. The van der Waals surface area contributed by atoms with E-state index >= 15 is 0 Å². The van der Waals surface area contributed by atoms with Crippen LogP contribution in [0.2, 0.25) is 0 Å². The van der Waals surface area contributed by atoms with Crippen LogP contribution in [-0.2, 0) is 0 Å². The van der Waals surface area contributed by atoms with E-state index in [1.54, 1.807) is 0 Å². The second-order valence-electron chi connectivity index (χ2n) is 2.08. The van der Waals surface area contributed by atoms with Crippen LogP contribution in [0.15, 0.2) is 12.2 Å². The van der Waals surface area contributed by atoms with Gasteiger partial charge in [0.15, 0.2) is 6.30 Å². The Balaban J connectivity index is 2.39. The van der Waals surface area contributed by atoms with E-state index in [9.17, 15) is 4.39 Å². The normalized spacial score (nSPS) is 30.6. The molecular weight excluding hydrogens is 105 g/mol. The van der Waals surface area contributed by atoms with Gasteiger partial charge in [-0.05, 0) is 25.0 Å². The highest BCUT2D eigenvalue weighted by molar-refractivity contribution is 5.03. The molecule has 1 rings (SSSR count). The SMILES string of the molecule is C=C1CCCNC1F. The summed E-state index contributed by atoms with van der Waals surface area (Å²) in [6.45, 7) is 4.35.